The van der Waals surface area contributed by atoms with Gasteiger partial charge in [0.05, 0.1) is 6.21 Å². The van der Waals surface area contributed by atoms with Gasteiger partial charge in [-0.3, -0.25) is 9.59 Å². The number of carboxylic acid groups (broad SMARTS) is 1. The fourth-order valence-electron chi connectivity index (χ4n) is 3.35. The highest BCUT2D eigenvalue weighted by atomic mass is 32.1. The number of hydrogen-bond donors (Lipinski definition) is 2. The molecule has 0 spiro atoms. The SMILES string of the molecule is CC1=CCC(C(=O)O)(C(=O)NN=Cc2cccs2)C(c2ccccc2)C1. The molecule has 1 aromatic carbocycles. The number of rotatable bonds is 5. The van der Waals surface area contributed by atoms with Crippen LogP contribution in [-0.2, 0) is 9.59 Å². The summed E-state index contributed by atoms with van der Waals surface area (Å²) >= 11 is 1.49. The summed E-state index contributed by atoms with van der Waals surface area (Å²) < 4.78 is 0. The first-order valence-electron chi connectivity index (χ1n) is 8.35. The highest BCUT2D eigenvalue weighted by molar-refractivity contribution is 7.11. The smallest absolute Gasteiger partial charge is 0.320 e. The topological polar surface area (TPSA) is 78.8 Å². The molecule has 0 bridgehead atoms. The Morgan fingerprint density at radius 2 is 2.04 bits per heavy atom. The Hall–Kier alpha value is -2.73. The van der Waals surface area contributed by atoms with Crippen LogP contribution in [0.3, 0.4) is 0 Å². The van der Waals surface area contributed by atoms with E-state index >= 15 is 0 Å². The molecule has 1 heterocycles. The Kier molecular flexibility index (Phi) is 5.32. The van der Waals surface area contributed by atoms with Crippen molar-refractivity contribution in [3.63, 3.8) is 0 Å². The van der Waals surface area contributed by atoms with E-state index < -0.39 is 23.2 Å². The molecule has 0 saturated carbocycles. The fourth-order valence-corrected chi connectivity index (χ4v) is 3.93. The van der Waals surface area contributed by atoms with Gasteiger partial charge in [0.2, 0.25) is 0 Å². The third-order valence-electron chi connectivity index (χ3n) is 4.78. The van der Waals surface area contributed by atoms with E-state index in [1.807, 2.05) is 60.8 Å². The van der Waals surface area contributed by atoms with Gasteiger partial charge >= 0.3 is 5.97 Å². The van der Waals surface area contributed by atoms with Crippen LogP contribution >= 0.6 is 11.3 Å². The van der Waals surface area contributed by atoms with Crippen molar-refractivity contribution in [2.75, 3.05) is 0 Å². The second kappa shape index (κ2) is 7.66. The second-order valence-electron chi connectivity index (χ2n) is 6.41. The van der Waals surface area contributed by atoms with Crippen molar-refractivity contribution >= 4 is 29.4 Å². The minimum absolute atomic E-state index is 0.147. The molecule has 6 heteroatoms. The van der Waals surface area contributed by atoms with Crippen molar-refractivity contribution in [1.29, 1.82) is 0 Å². The minimum atomic E-state index is -1.58. The summed E-state index contributed by atoms with van der Waals surface area (Å²) in [5, 5.41) is 15.9. The first kappa shape index (κ1) is 18.1. The van der Waals surface area contributed by atoms with Gasteiger partial charge in [0.1, 0.15) is 0 Å². The van der Waals surface area contributed by atoms with Crippen molar-refractivity contribution < 1.29 is 14.7 Å². The third kappa shape index (κ3) is 3.46. The first-order valence-corrected chi connectivity index (χ1v) is 9.23. The van der Waals surface area contributed by atoms with Crippen molar-refractivity contribution in [2.24, 2.45) is 10.5 Å². The van der Waals surface area contributed by atoms with Crippen LogP contribution < -0.4 is 5.43 Å². The molecule has 0 aliphatic heterocycles. The number of benzene rings is 1. The molecule has 2 aromatic rings. The van der Waals surface area contributed by atoms with Gasteiger partial charge < -0.3 is 5.11 Å². The molecule has 0 fully saturated rings. The molecule has 2 atom stereocenters. The molecule has 3 rings (SSSR count). The minimum Gasteiger partial charge on any atom is -0.480 e. The number of nitrogens with one attached hydrogen (secondary N) is 1. The average Bonchev–Trinajstić information content (AvgIpc) is 3.15. The molecule has 0 radical (unpaired) electrons. The maximum absolute atomic E-state index is 12.9. The van der Waals surface area contributed by atoms with E-state index in [1.165, 1.54) is 17.6 Å². The normalized spacial score (nSPS) is 22.8. The zero-order chi connectivity index (χ0) is 18.6. The zero-order valence-corrected chi connectivity index (χ0v) is 15.2. The lowest BCUT2D eigenvalue weighted by Crippen LogP contribution is -2.50. The summed E-state index contributed by atoms with van der Waals surface area (Å²) in [4.78, 5) is 26.1. The Bertz CT molecular complexity index is 843. The van der Waals surface area contributed by atoms with E-state index in [1.54, 1.807) is 0 Å². The average molecular weight is 368 g/mol. The number of hydrazone groups is 1. The Morgan fingerprint density at radius 1 is 1.27 bits per heavy atom. The van der Waals surface area contributed by atoms with Crippen LogP contribution in [0.4, 0.5) is 0 Å². The number of nitrogens with zero attached hydrogens (tertiary/aromatic N) is 1. The number of carbonyl (C=O) groups excluding carboxylic acids is 1. The van der Waals surface area contributed by atoms with Gasteiger partial charge in [0.25, 0.3) is 5.91 Å². The van der Waals surface area contributed by atoms with Crippen LogP contribution in [0.5, 0.6) is 0 Å². The number of thiophene rings is 1. The number of allylic oxidation sites excluding steroid dienone is 2. The summed E-state index contributed by atoms with van der Waals surface area (Å²) in [5.41, 5.74) is 2.81. The lowest BCUT2D eigenvalue weighted by Gasteiger charge is -2.38. The highest BCUT2D eigenvalue weighted by Gasteiger charge is 2.53. The molecule has 2 N–H and O–H groups in total. The van der Waals surface area contributed by atoms with Crippen LogP contribution in [-0.4, -0.2) is 23.2 Å². The van der Waals surface area contributed by atoms with Crippen molar-refractivity contribution in [3.05, 3.63) is 69.9 Å². The monoisotopic (exact) mass is 368 g/mol. The third-order valence-corrected chi connectivity index (χ3v) is 5.59. The van der Waals surface area contributed by atoms with E-state index in [9.17, 15) is 14.7 Å². The van der Waals surface area contributed by atoms with Crippen molar-refractivity contribution in [2.45, 2.75) is 25.7 Å². The number of amides is 1. The Labute approximate surface area is 156 Å². The molecule has 1 aliphatic rings. The van der Waals surface area contributed by atoms with Gasteiger partial charge in [-0.05, 0) is 36.8 Å². The van der Waals surface area contributed by atoms with Gasteiger partial charge in [-0.25, -0.2) is 5.43 Å². The number of carbonyl (C=O) groups is 2. The van der Waals surface area contributed by atoms with Gasteiger partial charge in [-0.2, -0.15) is 5.10 Å². The molecule has 2 unspecified atom stereocenters. The van der Waals surface area contributed by atoms with Crippen LogP contribution in [0.25, 0.3) is 0 Å². The summed E-state index contributed by atoms with van der Waals surface area (Å²) in [6.45, 7) is 1.97. The molecule has 1 aromatic heterocycles. The van der Waals surface area contributed by atoms with Crippen LogP contribution in [0.2, 0.25) is 0 Å². The standard InChI is InChI=1S/C20H20N2O3S/c1-14-9-10-20(19(24)25,17(12-14)15-6-3-2-4-7-15)18(23)22-21-13-16-8-5-11-26-16/h2-9,11,13,17H,10,12H2,1H3,(H,22,23)(H,24,25). The Balaban J connectivity index is 1.93. The molecule has 0 saturated heterocycles. The fraction of sp³-hybridized carbons (Fsp3) is 0.250. The van der Waals surface area contributed by atoms with Gasteiger partial charge in [-0.15, -0.1) is 11.3 Å². The number of aliphatic carboxylic acids is 1. The zero-order valence-electron chi connectivity index (χ0n) is 14.4. The largest absolute Gasteiger partial charge is 0.480 e. The second-order valence-corrected chi connectivity index (χ2v) is 7.39. The predicted octanol–water partition coefficient (Wildman–Crippen LogP) is 3.79. The van der Waals surface area contributed by atoms with E-state index in [0.717, 1.165) is 16.0 Å². The lowest BCUT2D eigenvalue weighted by molar-refractivity contribution is -0.158. The molecular formula is C20H20N2O3S. The van der Waals surface area contributed by atoms with Crippen molar-refractivity contribution in [3.8, 4) is 0 Å². The van der Waals surface area contributed by atoms with E-state index in [0.29, 0.717) is 6.42 Å². The van der Waals surface area contributed by atoms with E-state index in [-0.39, 0.29) is 6.42 Å². The maximum atomic E-state index is 12.9. The van der Waals surface area contributed by atoms with Crippen molar-refractivity contribution in [1.82, 2.24) is 5.43 Å². The molecule has 1 aliphatic carbocycles. The molecule has 5 nitrogen and oxygen atoms in total. The molecule has 134 valence electrons. The summed E-state index contributed by atoms with van der Waals surface area (Å²) in [6.07, 6.45) is 4.04. The summed E-state index contributed by atoms with van der Waals surface area (Å²) in [6, 6.07) is 13.1. The van der Waals surface area contributed by atoms with E-state index in [4.69, 9.17) is 0 Å². The predicted molar refractivity (Wildman–Crippen MR) is 102 cm³/mol. The maximum Gasteiger partial charge on any atom is 0.320 e. The van der Waals surface area contributed by atoms with Crippen LogP contribution in [0.15, 0.2) is 64.6 Å². The van der Waals surface area contributed by atoms with Gasteiger partial charge in [0, 0.05) is 10.8 Å². The highest BCUT2D eigenvalue weighted by Crippen LogP contribution is 2.47. The molecule has 1 amide bonds. The quantitative estimate of drug-likeness (QED) is 0.365. The summed E-state index contributed by atoms with van der Waals surface area (Å²) in [5.74, 6) is -2.16. The van der Waals surface area contributed by atoms with Crippen LogP contribution in [0, 0.1) is 5.41 Å². The Morgan fingerprint density at radius 3 is 2.69 bits per heavy atom. The first-order chi connectivity index (χ1) is 12.5. The summed E-state index contributed by atoms with van der Waals surface area (Å²) in [7, 11) is 0. The number of carboxylic acids is 1. The van der Waals surface area contributed by atoms with Crippen LogP contribution in [0.1, 0.15) is 36.1 Å². The number of hydrogen-bond acceptors (Lipinski definition) is 4. The lowest BCUT2D eigenvalue weighted by atomic mass is 9.64. The van der Waals surface area contributed by atoms with E-state index in [2.05, 4.69) is 10.5 Å². The van der Waals surface area contributed by atoms with Gasteiger partial charge in [0.15, 0.2) is 5.41 Å². The van der Waals surface area contributed by atoms with Gasteiger partial charge in [-0.1, -0.05) is 48.0 Å². The molecular weight excluding hydrogens is 348 g/mol. The molecule has 26 heavy (non-hydrogen) atoms.